The Labute approximate surface area is 204 Å². The van der Waals surface area contributed by atoms with Gasteiger partial charge in [-0.3, -0.25) is 0 Å². The predicted octanol–water partition coefficient (Wildman–Crippen LogP) is 2.95. The highest BCUT2D eigenvalue weighted by atomic mass is 32.1. The molecule has 5 N–H and O–H groups in total. The number of fused-ring (bicyclic) bond motifs is 1. The van der Waals surface area contributed by atoms with Crippen molar-refractivity contribution in [3.63, 3.8) is 0 Å². The number of aliphatic hydroxyl groups is 3. The van der Waals surface area contributed by atoms with Crippen molar-refractivity contribution >= 4 is 44.7 Å². The molecular weight excluding hydrogens is 472 g/mol. The van der Waals surface area contributed by atoms with Crippen molar-refractivity contribution in [3.8, 4) is 10.6 Å². The molecule has 178 valence electrons. The van der Waals surface area contributed by atoms with Crippen LogP contribution in [0.3, 0.4) is 0 Å². The van der Waals surface area contributed by atoms with E-state index < -0.39 is 24.2 Å². The highest BCUT2D eigenvalue weighted by molar-refractivity contribution is 7.21. The molecule has 34 heavy (non-hydrogen) atoms. The minimum Gasteiger partial charge on any atom is -0.396 e. The van der Waals surface area contributed by atoms with Gasteiger partial charge in [-0.2, -0.15) is 4.98 Å². The molecule has 0 unspecified atom stereocenters. The molecule has 0 saturated heterocycles. The summed E-state index contributed by atoms with van der Waals surface area (Å²) in [5.41, 5.74) is 2.39. The summed E-state index contributed by atoms with van der Waals surface area (Å²) in [5, 5.41) is 38.7. The molecule has 1 aliphatic carbocycles. The number of thiazole rings is 2. The average Bonchev–Trinajstić information content (AvgIpc) is 3.51. The van der Waals surface area contributed by atoms with Crippen LogP contribution in [0.2, 0.25) is 0 Å². The van der Waals surface area contributed by atoms with Crippen LogP contribution < -0.4 is 10.6 Å². The Morgan fingerprint density at radius 3 is 2.59 bits per heavy atom. The van der Waals surface area contributed by atoms with Gasteiger partial charge in [0.2, 0.25) is 5.95 Å². The first-order chi connectivity index (χ1) is 16.4. The monoisotopic (exact) mass is 498 g/mol. The van der Waals surface area contributed by atoms with Crippen molar-refractivity contribution in [1.82, 2.24) is 19.9 Å². The largest absolute Gasteiger partial charge is 0.396 e. The van der Waals surface area contributed by atoms with E-state index in [9.17, 15) is 15.3 Å². The van der Waals surface area contributed by atoms with Gasteiger partial charge in [-0.15, -0.1) is 22.7 Å². The van der Waals surface area contributed by atoms with Crippen LogP contribution in [0.5, 0.6) is 0 Å². The van der Waals surface area contributed by atoms with E-state index in [1.54, 1.807) is 22.7 Å². The Balaban J connectivity index is 1.51. The van der Waals surface area contributed by atoms with Crippen LogP contribution in [0.4, 0.5) is 11.8 Å². The molecule has 1 fully saturated rings. The summed E-state index contributed by atoms with van der Waals surface area (Å²) in [7, 11) is 0. The average molecular weight is 499 g/mol. The normalized spacial score (nSPS) is 22.4. The Bertz CT molecular complexity index is 1280. The zero-order valence-corrected chi connectivity index (χ0v) is 20.4. The second-order valence-electron chi connectivity index (χ2n) is 8.47. The highest BCUT2D eigenvalue weighted by Gasteiger charge is 2.41. The summed E-state index contributed by atoms with van der Waals surface area (Å²) < 4.78 is 1.06. The van der Waals surface area contributed by atoms with Crippen molar-refractivity contribution in [1.29, 1.82) is 0 Å². The number of nitrogens with zero attached hydrogens (tertiary/aromatic N) is 4. The third-order valence-electron chi connectivity index (χ3n) is 6.02. The minimum atomic E-state index is -1.02. The summed E-state index contributed by atoms with van der Waals surface area (Å²) in [6.07, 6.45) is 0.233. The molecule has 4 atom stereocenters. The summed E-state index contributed by atoms with van der Waals surface area (Å²) in [4.78, 5) is 19.7. The molecule has 0 radical (unpaired) electrons. The van der Waals surface area contributed by atoms with Crippen molar-refractivity contribution in [2.24, 2.45) is 5.92 Å². The van der Waals surface area contributed by atoms with Gasteiger partial charge in [0, 0.05) is 23.6 Å². The molecule has 9 nitrogen and oxygen atoms in total. The second-order valence-corrected chi connectivity index (χ2v) is 10.8. The number of nitrogens with one attached hydrogen (secondary N) is 2. The van der Waals surface area contributed by atoms with Crippen LogP contribution in [0.1, 0.15) is 22.0 Å². The van der Waals surface area contributed by atoms with Gasteiger partial charge in [0.15, 0.2) is 0 Å². The number of aromatic nitrogens is 4. The van der Waals surface area contributed by atoms with Gasteiger partial charge in [-0.05, 0) is 32.4 Å². The van der Waals surface area contributed by atoms with Gasteiger partial charge < -0.3 is 26.0 Å². The number of anilines is 2. The third kappa shape index (κ3) is 4.49. The number of hydrogen-bond donors (Lipinski definition) is 5. The van der Waals surface area contributed by atoms with Crippen LogP contribution >= 0.6 is 22.7 Å². The molecule has 1 aromatic carbocycles. The van der Waals surface area contributed by atoms with Crippen LogP contribution in [-0.4, -0.2) is 60.1 Å². The number of aliphatic hydroxyl groups excluding tert-OH is 3. The fourth-order valence-corrected chi connectivity index (χ4v) is 6.04. The SMILES string of the molecule is Cc1cnc(CNc2nc(C)c(-c3nc4ccccc4s3)c(N[C@@H]3C[C@H](CO)[C@@H](O)[C@H]3O)n2)s1. The first-order valence-electron chi connectivity index (χ1n) is 11.1. The molecule has 11 heteroatoms. The minimum absolute atomic E-state index is 0.191. The fourth-order valence-electron chi connectivity index (χ4n) is 4.25. The van der Waals surface area contributed by atoms with Crippen molar-refractivity contribution in [2.75, 3.05) is 17.2 Å². The van der Waals surface area contributed by atoms with Crippen LogP contribution in [-0.2, 0) is 6.54 Å². The summed E-state index contributed by atoms with van der Waals surface area (Å²) >= 11 is 3.16. The molecule has 3 heterocycles. The molecular formula is C23H26N6O3S2. The Hall–Kier alpha value is -2.70. The third-order valence-corrected chi connectivity index (χ3v) is 7.99. The zero-order valence-electron chi connectivity index (χ0n) is 18.8. The van der Waals surface area contributed by atoms with Gasteiger partial charge >= 0.3 is 0 Å². The van der Waals surface area contributed by atoms with E-state index in [-0.39, 0.29) is 6.61 Å². The molecule has 3 aromatic heterocycles. The molecule has 0 bridgehead atoms. The van der Waals surface area contributed by atoms with Crippen LogP contribution in [0.25, 0.3) is 20.8 Å². The van der Waals surface area contributed by atoms with Crippen LogP contribution in [0, 0.1) is 19.8 Å². The number of benzene rings is 1. The zero-order chi connectivity index (χ0) is 23.8. The number of rotatable bonds is 7. The topological polar surface area (TPSA) is 136 Å². The number of aryl methyl sites for hydroxylation is 2. The van der Waals surface area contributed by atoms with Crippen molar-refractivity contribution in [3.05, 3.63) is 46.0 Å². The fraction of sp³-hybridized carbons (Fsp3) is 0.391. The van der Waals surface area contributed by atoms with E-state index in [1.165, 1.54) is 0 Å². The molecule has 0 spiro atoms. The summed E-state index contributed by atoms with van der Waals surface area (Å²) in [5.74, 6) is 0.566. The second kappa shape index (κ2) is 9.51. The Morgan fingerprint density at radius 1 is 1.06 bits per heavy atom. The van der Waals surface area contributed by atoms with Crippen LogP contribution in [0.15, 0.2) is 30.5 Å². The van der Waals surface area contributed by atoms with E-state index in [1.807, 2.05) is 44.3 Å². The molecule has 5 rings (SSSR count). The van der Waals surface area contributed by atoms with Gasteiger partial charge in [0.05, 0.1) is 40.2 Å². The molecule has 0 aliphatic heterocycles. The smallest absolute Gasteiger partial charge is 0.225 e. The maximum Gasteiger partial charge on any atom is 0.225 e. The van der Waals surface area contributed by atoms with Gasteiger partial charge in [-0.25, -0.2) is 15.0 Å². The van der Waals surface area contributed by atoms with Gasteiger partial charge in [0.1, 0.15) is 21.9 Å². The standard InChI is InChI=1S/C23H26N6O3S2/c1-11-8-24-17(33-11)9-25-23-26-12(2)18(22-28-14-5-3-4-6-16(14)34-22)21(29-23)27-15-7-13(10-30)19(31)20(15)32/h3-6,8,13,15,19-20,30-32H,7,9-10H2,1-2H3,(H2,25,26,27,29)/t13-,15-,19-,20+/m1/s1. The van der Waals surface area contributed by atoms with E-state index in [0.29, 0.717) is 24.7 Å². The lowest BCUT2D eigenvalue weighted by molar-refractivity contribution is 0.00446. The highest BCUT2D eigenvalue weighted by Crippen LogP contribution is 2.38. The summed E-state index contributed by atoms with van der Waals surface area (Å²) in [6, 6.07) is 7.45. The van der Waals surface area contributed by atoms with Crippen molar-refractivity contribution in [2.45, 2.75) is 45.1 Å². The lowest BCUT2D eigenvalue weighted by Gasteiger charge is -2.21. The van der Waals surface area contributed by atoms with E-state index in [2.05, 4.69) is 20.6 Å². The first kappa shape index (κ1) is 23.1. The van der Waals surface area contributed by atoms with E-state index in [4.69, 9.17) is 9.97 Å². The number of para-hydroxylation sites is 1. The van der Waals surface area contributed by atoms with E-state index in [0.717, 1.165) is 36.4 Å². The maximum absolute atomic E-state index is 10.6. The summed E-state index contributed by atoms with van der Waals surface area (Å²) in [6.45, 7) is 4.22. The Kier molecular flexibility index (Phi) is 6.45. The molecule has 4 aromatic rings. The Morgan fingerprint density at radius 2 is 1.88 bits per heavy atom. The van der Waals surface area contributed by atoms with Gasteiger partial charge in [0.25, 0.3) is 0 Å². The number of hydrogen-bond acceptors (Lipinski definition) is 11. The molecule has 0 amide bonds. The van der Waals surface area contributed by atoms with Crippen molar-refractivity contribution < 1.29 is 15.3 Å². The quantitative estimate of drug-likeness (QED) is 0.260. The predicted molar refractivity (Wildman–Crippen MR) is 134 cm³/mol. The molecule has 1 saturated carbocycles. The van der Waals surface area contributed by atoms with Gasteiger partial charge in [-0.1, -0.05) is 12.1 Å². The molecule has 1 aliphatic rings. The van der Waals surface area contributed by atoms with E-state index >= 15 is 0 Å². The lowest BCUT2D eigenvalue weighted by Crippen LogP contribution is -2.35. The first-order valence-corrected chi connectivity index (χ1v) is 12.7. The lowest BCUT2D eigenvalue weighted by atomic mass is 10.1. The maximum atomic E-state index is 10.6.